The van der Waals surface area contributed by atoms with Crippen LogP contribution >= 0.6 is 0 Å². The maximum atomic E-state index is 13.3. The molecular weight excluding hydrogens is 234 g/mol. The molecule has 0 saturated carbocycles. The maximum absolute atomic E-state index is 13.3. The minimum Gasteiger partial charge on any atom is -0.329 e. The number of nitrogens with zero attached hydrogens (tertiary/aromatic N) is 1. The van der Waals surface area contributed by atoms with Gasteiger partial charge in [-0.25, -0.2) is 8.78 Å². The number of rotatable bonds is 7. The normalized spacial score (nSPS) is 13.0. The van der Waals surface area contributed by atoms with Gasteiger partial charge in [-0.05, 0) is 43.6 Å². The van der Waals surface area contributed by atoms with Crippen molar-refractivity contribution in [2.45, 2.75) is 32.7 Å². The molecule has 1 atom stereocenters. The second kappa shape index (κ2) is 7.44. The molecule has 0 fully saturated rings. The Kier molecular flexibility index (Phi) is 6.22. The molecule has 0 aliphatic heterocycles. The minimum absolute atomic E-state index is 0.0417. The molecule has 0 aromatic heterocycles. The van der Waals surface area contributed by atoms with Gasteiger partial charge in [0.25, 0.3) is 0 Å². The van der Waals surface area contributed by atoms with Crippen LogP contribution in [0.15, 0.2) is 18.2 Å². The van der Waals surface area contributed by atoms with E-state index in [0.29, 0.717) is 6.54 Å². The van der Waals surface area contributed by atoms with Crippen molar-refractivity contribution >= 4 is 0 Å². The van der Waals surface area contributed by atoms with E-state index in [4.69, 9.17) is 5.73 Å². The van der Waals surface area contributed by atoms with Gasteiger partial charge in [-0.15, -0.1) is 0 Å². The van der Waals surface area contributed by atoms with Crippen LogP contribution in [0.1, 0.15) is 38.3 Å². The molecule has 0 aliphatic carbocycles. The van der Waals surface area contributed by atoms with Crippen LogP contribution in [0.5, 0.6) is 0 Å². The first-order valence-electron chi connectivity index (χ1n) is 6.53. The summed E-state index contributed by atoms with van der Waals surface area (Å²) in [5.74, 6) is -1.62. The van der Waals surface area contributed by atoms with Crippen molar-refractivity contribution in [3.63, 3.8) is 0 Å². The molecule has 0 bridgehead atoms. The lowest BCUT2D eigenvalue weighted by molar-refractivity contribution is 0.201. The van der Waals surface area contributed by atoms with Crippen molar-refractivity contribution in [3.8, 4) is 0 Å². The Labute approximate surface area is 108 Å². The number of halogens is 2. The van der Waals surface area contributed by atoms with E-state index in [1.54, 1.807) is 6.07 Å². The SMILES string of the molecule is CCCN(CCC)C(CN)c1ccc(F)c(F)c1. The molecule has 1 unspecified atom stereocenters. The summed E-state index contributed by atoms with van der Waals surface area (Å²) in [7, 11) is 0. The third-order valence-electron chi connectivity index (χ3n) is 3.01. The minimum atomic E-state index is -0.813. The van der Waals surface area contributed by atoms with Crippen molar-refractivity contribution < 1.29 is 8.78 Å². The van der Waals surface area contributed by atoms with Crippen LogP contribution in [0, 0.1) is 11.6 Å². The van der Waals surface area contributed by atoms with Gasteiger partial charge in [0.15, 0.2) is 11.6 Å². The fourth-order valence-electron chi connectivity index (χ4n) is 2.21. The van der Waals surface area contributed by atoms with Crippen molar-refractivity contribution in [2.24, 2.45) is 5.73 Å². The number of benzene rings is 1. The number of hydrogen-bond acceptors (Lipinski definition) is 2. The van der Waals surface area contributed by atoms with Gasteiger partial charge in [0.1, 0.15) is 0 Å². The Hall–Kier alpha value is -1.00. The van der Waals surface area contributed by atoms with Crippen molar-refractivity contribution in [1.82, 2.24) is 4.90 Å². The first-order chi connectivity index (χ1) is 8.63. The standard InChI is InChI=1S/C14H22F2N2/c1-3-7-18(8-4-2)14(10-17)11-5-6-12(15)13(16)9-11/h5-6,9,14H,3-4,7-8,10,17H2,1-2H3. The molecule has 0 aliphatic rings. The van der Waals surface area contributed by atoms with Gasteiger partial charge < -0.3 is 5.73 Å². The summed E-state index contributed by atoms with van der Waals surface area (Å²) in [5, 5.41) is 0. The molecular formula is C14H22F2N2. The average molecular weight is 256 g/mol. The zero-order valence-electron chi connectivity index (χ0n) is 11.1. The van der Waals surface area contributed by atoms with Crippen molar-refractivity contribution in [3.05, 3.63) is 35.4 Å². The Morgan fingerprint density at radius 2 is 1.72 bits per heavy atom. The largest absolute Gasteiger partial charge is 0.329 e. The van der Waals surface area contributed by atoms with Gasteiger partial charge in [0, 0.05) is 12.6 Å². The summed E-state index contributed by atoms with van der Waals surface area (Å²) >= 11 is 0. The predicted octanol–water partition coefficient (Wildman–Crippen LogP) is 3.09. The first-order valence-corrected chi connectivity index (χ1v) is 6.53. The van der Waals surface area contributed by atoms with Crippen LogP contribution in [0.4, 0.5) is 8.78 Å². The number of nitrogens with two attached hydrogens (primary N) is 1. The molecule has 2 N–H and O–H groups in total. The van der Waals surface area contributed by atoms with Gasteiger partial charge in [0.05, 0.1) is 0 Å². The first kappa shape index (κ1) is 15.1. The van der Waals surface area contributed by atoms with E-state index in [-0.39, 0.29) is 6.04 Å². The third kappa shape index (κ3) is 3.75. The molecule has 1 aromatic carbocycles. The molecule has 2 nitrogen and oxygen atoms in total. The van der Waals surface area contributed by atoms with E-state index in [1.807, 2.05) is 0 Å². The lowest BCUT2D eigenvalue weighted by Crippen LogP contribution is -2.35. The molecule has 0 radical (unpaired) electrons. The molecule has 0 amide bonds. The van der Waals surface area contributed by atoms with Crippen LogP contribution in [-0.2, 0) is 0 Å². The lowest BCUT2D eigenvalue weighted by Gasteiger charge is -2.30. The zero-order valence-corrected chi connectivity index (χ0v) is 11.1. The molecule has 1 rings (SSSR count). The fourth-order valence-corrected chi connectivity index (χ4v) is 2.21. The molecule has 1 aromatic rings. The smallest absolute Gasteiger partial charge is 0.159 e. The van der Waals surface area contributed by atoms with Gasteiger partial charge in [0.2, 0.25) is 0 Å². The summed E-state index contributed by atoms with van der Waals surface area (Å²) in [6, 6.07) is 4.00. The molecule has 0 saturated heterocycles. The zero-order chi connectivity index (χ0) is 13.5. The molecule has 0 spiro atoms. The Bertz CT molecular complexity index is 363. The molecule has 18 heavy (non-hydrogen) atoms. The van der Waals surface area contributed by atoms with E-state index in [2.05, 4.69) is 18.7 Å². The van der Waals surface area contributed by atoms with Crippen LogP contribution in [-0.4, -0.2) is 24.5 Å². The highest BCUT2D eigenvalue weighted by Crippen LogP contribution is 2.22. The third-order valence-corrected chi connectivity index (χ3v) is 3.01. The maximum Gasteiger partial charge on any atom is 0.159 e. The quantitative estimate of drug-likeness (QED) is 0.812. The summed E-state index contributed by atoms with van der Waals surface area (Å²) in [5.41, 5.74) is 6.54. The highest BCUT2D eigenvalue weighted by molar-refractivity contribution is 5.21. The predicted molar refractivity (Wildman–Crippen MR) is 70.3 cm³/mol. The van der Waals surface area contributed by atoms with Crippen molar-refractivity contribution in [1.29, 1.82) is 0 Å². The topological polar surface area (TPSA) is 29.3 Å². The Balaban J connectivity index is 2.94. The van der Waals surface area contributed by atoms with Gasteiger partial charge in [-0.2, -0.15) is 0 Å². The average Bonchev–Trinajstić information content (AvgIpc) is 2.35. The van der Waals surface area contributed by atoms with E-state index in [0.717, 1.165) is 31.5 Å². The van der Waals surface area contributed by atoms with Gasteiger partial charge >= 0.3 is 0 Å². The fraction of sp³-hybridized carbons (Fsp3) is 0.571. The van der Waals surface area contributed by atoms with Crippen LogP contribution in [0.3, 0.4) is 0 Å². The van der Waals surface area contributed by atoms with Crippen LogP contribution < -0.4 is 5.73 Å². The van der Waals surface area contributed by atoms with E-state index >= 15 is 0 Å². The monoisotopic (exact) mass is 256 g/mol. The summed E-state index contributed by atoms with van der Waals surface area (Å²) in [6.45, 7) is 6.43. The second-order valence-corrected chi connectivity index (χ2v) is 4.46. The van der Waals surface area contributed by atoms with E-state index in [1.165, 1.54) is 12.1 Å². The molecule has 102 valence electrons. The van der Waals surface area contributed by atoms with Gasteiger partial charge in [-0.1, -0.05) is 19.9 Å². The van der Waals surface area contributed by atoms with Gasteiger partial charge in [-0.3, -0.25) is 4.90 Å². The summed E-state index contributed by atoms with van der Waals surface area (Å²) < 4.78 is 26.2. The van der Waals surface area contributed by atoms with Crippen LogP contribution in [0.2, 0.25) is 0 Å². The summed E-state index contributed by atoms with van der Waals surface area (Å²) in [4.78, 5) is 2.23. The molecule has 4 heteroatoms. The van der Waals surface area contributed by atoms with Crippen molar-refractivity contribution in [2.75, 3.05) is 19.6 Å². The summed E-state index contributed by atoms with van der Waals surface area (Å²) in [6.07, 6.45) is 2.03. The lowest BCUT2D eigenvalue weighted by atomic mass is 10.0. The Morgan fingerprint density at radius 1 is 1.11 bits per heavy atom. The Morgan fingerprint density at radius 3 is 2.17 bits per heavy atom. The highest BCUT2D eigenvalue weighted by atomic mass is 19.2. The second-order valence-electron chi connectivity index (χ2n) is 4.46. The van der Waals surface area contributed by atoms with E-state index < -0.39 is 11.6 Å². The van der Waals surface area contributed by atoms with E-state index in [9.17, 15) is 8.78 Å². The molecule has 0 heterocycles. The van der Waals surface area contributed by atoms with Crippen LogP contribution in [0.25, 0.3) is 0 Å². The number of hydrogen-bond donors (Lipinski definition) is 1. The highest BCUT2D eigenvalue weighted by Gasteiger charge is 2.18.